The zero-order valence-corrected chi connectivity index (χ0v) is 13.3. The fraction of sp³-hybridized carbons (Fsp3) is 0.0588. The van der Waals surface area contributed by atoms with Gasteiger partial charge in [-0.25, -0.2) is 5.43 Å². The van der Waals surface area contributed by atoms with Gasteiger partial charge in [0, 0.05) is 6.07 Å². The van der Waals surface area contributed by atoms with Gasteiger partial charge in [0.15, 0.2) is 0 Å². The van der Waals surface area contributed by atoms with Crippen molar-refractivity contribution in [2.45, 2.75) is 0 Å². The van der Waals surface area contributed by atoms with Gasteiger partial charge in [-0.15, -0.1) is 0 Å². The normalized spacial score (nSPS) is 13.2. The minimum Gasteiger partial charge on any atom is -0.271 e. The van der Waals surface area contributed by atoms with Gasteiger partial charge in [0.1, 0.15) is 6.54 Å². The van der Waals surface area contributed by atoms with Crippen molar-refractivity contribution in [3.8, 4) is 0 Å². The Kier molecular flexibility index (Phi) is 4.52. The fourth-order valence-corrected chi connectivity index (χ4v) is 2.50. The minimum atomic E-state index is -0.700. The van der Waals surface area contributed by atoms with Gasteiger partial charge < -0.3 is 0 Å². The Morgan fingerprint density at radius 3 is 2.27 bits per heavy atom. The van der Waals surface area contributed by atoms with Gasteiger partial charge in [-0.05, 0) is 18.2 Å². The molecule has 0 saturated carbocycles. The maximum Gasteiger partial charge on any atom is 0.278 e. The molecule has 26 heavy (non-hydrogen) atoms. The molecule has 3 rings (SSSR count). The fourth-order valence-electron chi connectivity index (χ4n) is 2.50. The lowest BCUT2D eigenvalue weighted by molar-refractivity contribution is -0.385. The van der Waals surface area contributed by atoms with Crippen LogP contribution in [0, 0.1) is 10.1 Å². The maximum absolute atomic E-state index is 12.2. The summed E-state index contributed by atoms with van der Waals surface area (Å²) in [6.07, 6.45) is 1.12. The van der Waals surface area contributed by atoms with E-state index in [0.717, 1.165) is 11.1 Å². The van der Waals surface area contributed by atoms with Crippen molar-refractivity contribution in [3.63, 3.8) is 0 Å². The number of hydrogen-bond donors (Lipinski definition) is 1. The summed E-state index contributed by atoms with van der Waals surface area (Å²) < 4.78 is 0. The lowest BCUT2D eigenvalue weighted by atomic mass is 10.1. The average Bonchev–Trinajstić information content (AvgIpc) is 2.87. The Morgan fingerprint density at radius 2 is 1.65 bits per heavy atom. The topological polar surface area (TPSA) is 122 Å². The van der Waals surface area contributed by atoms with Gasteiger partial charge in [-0.1, -0.05) is 24.3 Å². The Bertz CT molecular complexity index is 919. The predicted molar refractivity (Wildman–Crippen MR) is 90.6 cm³/mol. The quantitative estimate of drug-likeness (QED) is 0.377. The number of carbonyl (C=O) groups excluding carboxylic acids is 3. The van der Waals surface area contributed by atoms with Crippen molar-refractivity contribution < 1.29 is 19.3 Å². The van der Waals surface area contributed by atoms with Crippen molar-refractivity contribution in [1.29, 1.82) is 0 Å². The molecule has 0 spiro atoms. The molecule has 0 unspecified atom stereocenters. The molecule has 1 heterocycles. The summed E-state index contributed by atoms with van der Waals surface area (Å²) >= 11 is 0. The summed E-state index contributed by atoms with van der Waals surface area (Å²) in [4.78, 5) is 47.4. The number of imide groups is 1. The van der Waals surface area contributed by atoms with E-state index in [1.807, 2.05) is 0 Å². The van der Waals surface area contributed by atoms with Crippen LogP contribution in [0.1, 0.15) is 26.3 Å². The highest BCUT2D eigenvalue weighted by Gasteiger charge is 2.36. The molecular weight excluding hydrogens is 340 g/mol. The SMILES string of the molecule is O=C(CN1C(=O)c2ccccc2C1=O)N/N=C/c1ccccc1[N+](=O)[O-]. The molecule has 0 bridgehead atoms. The van der Waals surface area contributed by atoms with E-state index in [1.165, 1.54) is 30.3 Å². The van der Waals surface area contributed by atoms with E-state index in [0.29, 0.717) is 0 Å². The van der Waals surface area contributed by atoms with Crippen LogP contribution in [-0.2, 0) is 4.79 Å². The second-order valence-electron chi connectivity index (χ2n) is 5.35. The molecular formula is C17H12N4O5. The minimum absolute atomic E-state index is 0.161. The van der Waals surface area contributed by atoms with Gasteiger partial charge in [-0.3, -0.25) is 29.4 Å². The highest BCUT2D eigenvalue weighted by molar-refractivity contribution is 6.22. The van der Waals surface area contributed by atoms with Crippen LogP contribution in [0.5, 0.6) is 0 Å². The third-order valence-corrected chi connectivity index (χ3v) is 3.71. The predicted octanol–water partition coefficient (Wildman–Crippen LogP) is 1.34. The van der Waals surface area contributed by atoms with Crippen LogP contribution in [0.15, 0.2) is 53.6 Å². The number of para-hydroxylation sites is 1. The van der Waals surface area contributed by atoms with E-state index in [-0.39, 0.29) is 22.4 Å². The van der Waals surface area contributed by atoms with Gasteiger partial charge in [0.2, 0.25) is 0 Å². The first-order valence-corrected chi connectivity index (χ1v) is 7.49. The van der Waals surface area contributed by atoms with Crippen molar-refractivity contribution in [3.05, 3.63) is 75.3 Å². The first kappa shape index (κ1) is 17.0. The number of hydrazone groups is 1. The summed E-state index contributed by atoms with van der Waals surface area (Å²) in [5, 5.41) is 14.6. The van der Waals surface area contributed by atoms with Crippen LogP contribution < -0.4 is 5.43 Å². The summed E-state index contributed by atoms with van der Waals surface area (Å²) in [5.74, 6) is -1.80. The third-order valence-electron chi connectivity index (χ3n) is 3.71. The maximum atomic E-state index is 12.2. The van der Waals surface area contributed by atoms with E-state index >= 15 is 0 Å². The smallest absolute Gasteiger partial charge is 0.271 e. The van der Waals surface area contributed by atoms with Gasteiger partial charge in [-0.2, -0.15) is 5.10 Å². The number of hydrogen-bond acceptors (Lipinski definition) is 6. The molecule has 2 aromatic rings. The monoisotopic (exact) mass is 352 g/mol. The number of nitrogens with zero attached hydrogens (tertiary/aromatic N) is 3. The first-order chi connectivity index (χ1) is 12.5. The Balaban J connectivity index is 1.65. The number of amides is 3. The number of nitrogens with one attached hydrogen (secondary N) is 1. The van der Waals surface area contributed by atoms with Crippen LogP contribution in [0.25, 0.3) is 0 Å². The molecule has 9 nitrogen and oxygen atoms in total. The number of carbonyl (C=O) groups is 3. The van der Waals surface area contributed by atoms with E-state index in [9.17, 15) is 24.5 Å². The van der Waals surface area contributed by atoms with Gasteiger partial charge in [0.05, 0.1) is 27.8 Å². The molecule has 1 aliphatic heterocycles. The van der Waals surface area contributed by atoms with Gasteiger partial charge in [0.25, 0.3) is 23.4 Å². The van der Waals surface area contributed by atoms with Crippen molar-refractivity contribution in [2.24, 2.45) is 5.10 Å². The van der Waals surface area contributed by atoms with E-state index < -0.39 is 29.2 Å². The summed E-state index contributed by atoms with van der Waals surface area (Å²) in [6, 6.07) is 12.2. The highest BCUT2D eigenvalue weighted by Crippen LogP contribution is 2.21. The van der Waals surface area contributed by atoms with Crippen LogP contribution in [-0.4, -0.2) is 40.3 Å². The molecule has 3 amide bonds. The number of benzene rings is 2. The molecule has 2 aromatic carbocycles. The Labute approximate surface area is 147 Å². The molecule has 0 radical (unpaired) electrons. The summed E-state index contributed by atoms with van der Waals surface area (Å²) in [6.45, 7) is -0.499. The molecule has 0 saturated heterocycles. The molecule has 0 fully saturated rings. The summed E-state index contributed by atoms with van der Waals surface area (Å²) in [5.41, 5.74) is 2.69. The molecule has 0 aliphatic carbocycles. The number of nitro benzene ring substituents is 1. The zero-order chi connectivity index (χ0) is 18.7. The molecule has 130 valence electrons. The largest absolute Gasteiger partial charge is 0.278 e. The van der Waals surface area contributed by atoms with E-state index in [2.05, 4.69) is 10.5 Å². The van der Waals surface area contributed by atoms with Crippen molar-refractivity contribution in [1.82, 2.24) is 10.3 Å². The molecule has 1 aliphatic rings. The van der Waals surface area contributed by atoms with E-state index in [4.69, 9.17) is 0 Å². The second-order valence-corrected chi connectivity index (χ2v) is 5.35. The Morgan fingerprint density at radius 1 is 1.08 bits per heavy atom. The molecule has 0 atom stereocenters. The first-order valence-electron chi connectivity index (χ1n) is 7.49. The summed E-state index contributed by atoms with van der Waals surface area (Å²) in [7, 11) is 0. The van der Waals surface area contributed by atoms with Crippen LogP contribution in [0.2, 0.25) is 0 Å². The highest BCUT2D eigenvalue weighted by atomic mass is 16.6. The molecule has 0 aromatic heterocycles. The lowest BCUT2D eigenvalue weighted by Gasteiger charge is -2.11. The van der Waals surface area contributed by atoms with Crippen LogP contribution in [0.3, 0.4) is 0 Å². The van der Waals surface area contributed by atoms with Crippen LogP contribution in [0.4, 0.5) is 5.69 Å². The third kappa shape index (κ3) is 3.18. The van der Waals surface area contributed by atoms with E-state index in [1.54, 1.807) is 18.2 Å². The average molecular weight is 352 g/mol. The molecule has 1 N–H and O–H groups in total. The molecule has 9 heteroatoms. The lowest BCUT2D eigenvalue weighted by Crippen LogP contribution is -2.38. The second kappa shape index (κ2) is 6.93. The van der Waals surface area contributed by atoms with Crippen molar-refractivity contribution in [2.75, 3.05) is 6.54 Å². The number of nitro groups is 1. The van der Waals surface area contributed by atoms with Gasteiger partial charge >= 0.3 is 0 Å². The van der Waals surface area contributed by atoms with Crippen LogP contribution >= 0.6 is 0 Å². The zero-order valence-electron chi connectivity index (χ0n) is 13.3. The standard InChI is InChI=1S/C17H12N4O5/c22-15(19-18-9-11-5-1-4-8-14(11)21(25)26)10-20-16(23)12-6-2-3-7-13(12)17(20)24/h1-9H,10H2,(H,19,22)/b18-9+. The number of fused-ring (bicyclic) bond motifs is 1. The Hall–Kier alpha value is -3.88. The van der Waals surface area contributed by atoms with Crippen molar-refractivity contribution >= 4 is 29.6 Å². The number of rotatable bonds is 5.